The maximum Gasteiger partial charge on any atom is 0.227 e. The van der Waals surface area contributed by atoms with E-state index >= 15 is 0 Å². The molecule has 1 amide bonds. The summed E-state index contributed by atoms with van der Waals surface area (Å²) in [6, 6.07) is 10.3. The van der Waals surface area contributed by atoms with Crippen molar-refractivity contribution >= 4 is 5.91 Å². The molecular weight excluding hydrogens is 308 g/mol. The van der Waals surface area contributed by atoms with E-state index in [1.807, 2.05) is 55.2 Å². The number of nitrogens with zero attached hydrogens (tertiary/aromatic N) is 1. The average Bonchev–Trinajstić information content (AvgIpc) is 2.69. The van der Waals surface area contributed by atoms with E-state index in [2.05, 4.69) is 25.1 Å². The second-order valence-electron chi connectivity index (χ2n) is 5.45. The molecule has 25 heavy (non-hydrogen) atoms. The van der Waals surface area contributed by atoms with Crippen LogP contribution in [0.4, 0.5) is 0 Å². The van der Waals surface area contributed by atoms with E-state index in [-0.39, 0.29) is 5.91 Å². The number of hydrogen-bond donors (Lipinski definition) is 1. The molecule has 1 fully saturated rings. The molecule has 0 atom stereocenters. The molecule has 1 saturated heterocycles. The van der Waals surface area contributed by atoms with Crippen LogP contribution in [0.1, 0.15) is 32.3 Å². The quantitative estimate of drug-likeness (QED) is 0.614. The van der Waals surface area contributed by atoms with Gasteiger partial charge in [0.25, 0.3) is 0 Å². The summed E-state index contributed by atoms with van der Waals surface area (Å²) >= 11 is 0. The van der Waals surface area contributed by atoms with Gasteiger partial charge in [-0.25, -0.2) is 0 Å². The Morgan fingerprint density at radius 1 is 1.12 bits per heavy atom. The Balaban J connectivity index is 0.000000845. The Morgan fingerprint density at radius 3 is 2.16 bits per heavy atom. The van der Waals surface area contributed by atoms with Crippen molar-refractivity contribution in [3.8, 4) is 0 Å². The second kappa shape index (κ2) is 15.4. The molecule has 0 spiro atoms. The van der Waals surface area contributed by atoms with Gasteiger partial charge in [-0.15, -0.1) is 6.58 Å². The molecule has 1 aliphatic heterocycles. The highest BCUT2D eigenvalue weighted by molar-refractivity contribution is 5.79. The number of nitrogens with one attached hydrogen (secondary N) is 1. The molecule has 1 heterocycles. The predicted molar refractivity (Wildman–Crippen MR) is 110 cm³/mol. The highest BCUT2D eigenvalue weighted by atomic mass is 16.2. The minimum Gasteiger partial charge on any atom is -0.336 e. The van der Waals surface area contributed by atoms with Crippen molar-refractivity contribution in [3.05, 3.63) is 73.9 Å². The minimum atomic E-state index is 0.206. The summed E-state index contributed by atoms with van der Waals surface area (Å²) < 4.78 is 0. The number of carbonyl (C=O) groups excluding carboxylic acids is 1. The van der Waals surface area contributed by atoms with Crippen molar-refractivity contribution in [1.82, 2.24) is 10.2 Å². The standard InChI is InChI=1S/C16H22N2O.C4H6.C2H6/c1-2-12-18(15-8-10-17-11-9-15)16(19)13-14-6-4-3-5-7-14;1-3-4-2;1-2/h2-7,15,17H,1,8-13H2;3-4H,1-2H2;1-2H3. The summed E-state index contributed by atoms with van der Waals surface area (Å²) in [7, 11) is 0. The zero-order valence-corrected chi connectivity index (χ0v) is 15.9. The topological polar surface area (TPSA) is 32.3 Å². The van der Waals surface area contributed by atoms with E-state index in [0.717, 1.165) is 31.5 Å². The van der Waals surface area contributed by atoms with Gasteiger partial charge >= 0.3 is 0 Å². The van der Waals surface area contributed by atoms with Crippen LogP contribution in [0.15, 0.2) is 68.3 Å². The molecule has 0 aromatic heterocycles. The summed E-state index contributed by atoms with van der Waals surface area (Å²) in [6.45, 7) is 17.1. The molecule has 3 nitrogen and oxygen atoms in total. The third-order valence-corrected chi connectivity index (χ3v) is 3.76. The number of rotatable bonds is 6. The maximum atomic E-state index is 12.5. The smallest absolute Gasteiger partial charge is 0.227 e. The number of benzene rings is 1. The lowest BCUT2D eigenvalue weighted by molar-refractivity contribution is -0.132. The monoisotopic (exact) mass is 342 g/mol. The van der Waals surface area contributed by atoms with Crippen molar-refractivity contribution in [1.29, 1.82) is 0 Å². The van der Waals surface area contributed by atoms with Crippen molar-refractivity contribution in [3.63, 3.8) is 0 Å². The Kier molecular flexibility index (Phi) is 14.1. The zero-order valence-electron chi connectivity index (χ0n) is 15.9. The van der Waals surface area contributed by atoms with Crippen molar-refractivity contribution in [2.45, 2.75) is 39.2 Å². The lowest BCUT2D eigenvalue weighted by Gasteiger charge is -2.34. The third kappa shape index (κ3) is 9.68. The molecule has 3 heteroatoms. The van der Waals surface area contributed by atoms with Crippen LogP contribution in [0.25, 0.3) is 0 Å². The largest absolute Gasteiger partial charge is 0.336 e. The molecule has 0 unspecified atom stereocenters. The van der Waals surface area contributed by atoms with Crippen LogP contribution >= 0.6 is 0 Å². The number of carbonyl (C=O) groups is 1. The summed E-state index contributed by atoms with van der Waals surface area (Å²) in [4.78, 5) is 14.4. The van der Waals surface area contributed by atoms with Crippen LogP contribution in [0.2, 0.25) is 0 Å². The Labute approximate surface area is 154 Å². The van der Waals surface area contributed by atoms with Crippen LogP contribution in [0.3, 0.4) is 0 Å². The summed E-state index contributed by atoms with van der Waals surface area (Å²) in [5, 5.41) is 3.34. The van der Waals surface area contributed by atoms with Gasteiger partial charge in [-0.2, -0.15) is 0 Å². The summed E-state index contributed by atoms with van der Waals surface area (Å²) in [6.07, 6.45) is 7.66. The first-order chi connectivity index (χ1) is 12.2. The first-order valence-electron chi connectivity index (χ1n) is 9.11. The van der Waals surface area contributed by atoms with Gasteiger partial charge in [0, 0.05) is 12.6 Å². The number of hydrogen-bond acceptors (Lipinski definition) is 2. The SMILES string of the molecule is C=CC=C.C=CCN(C(=O)Cc1ccccc1)C1CCNCC1.CC. The van der Waals surface area contributed by atoms with E-state index in [9.17, 15) is 4.79 Å². The molecule has 0 aliphatic carbocycles. The molecule has 1 aliphatic rings. The highest BCUT2D eigenvalue weighted by Crippen LogP contribution is 2.14. The van der Waals surface area contributed by atoms with Crippen molar-refractivity contribution in [2.24, 2.45) is 0 Å². The third-order valence-electron chi connectivity index (χ3n) is 3.76. The fourth-order valence-corrected chi connectivity index (χ4v) is 2.58. The molecule has 138 valence electrons. The Morgan fingerprint density at radius 2 is 1.68 bits per heavy atom. The van der Waals surface area contributed by atoms with Crippen LogP contribution in [0, 0.1) is 0 Å². The lowest BCUT2D eigenvalue weighted by Crippen LogP contribution is -2.46. The molecular formula is C22H34N2O. The molecule has 1 N–H and O–H groups in total. The van der Waals surface area contributed by atoms with Crippen LogP contribution in [-0.2, 0) is 11.2 Å². The van der Waals surface area contributed by atoms with Crippen LogP contribution in [0.5, 0.6) is 0 Å². The average molecular weight is 343 g/mol. The van der Waals surface area contributed by atoms with Crippen LogP contribution < -0.4 is 5.32 Å². The second-order valence-corrected chi connectivity index (χ2v) is 5.45. The number of amides is 1. The summed E-state index contributed by atoms with van der Waals surface area (Å²) in [5.74, 6) is 0.206. The van der Waals surface area contributed by atoms with E-state index in [0.29, 0.717) is 19.0 Å². The first kappa shape index (κ1) is 22.9. The van der Waals surface area contributed by atoms with Gasteiger partial charge in [-0.3, -0.25) is 4.79 Å². The molecule has 0 radical (unpaired) electrons. The van der Waals surface area contributed by atoms with Crippen LogP contribution in [-0.4, -0.2) is 36.5 Å². The van der Waals surface area contributed by atoms with E-state index in [1.54, 1.807) is 12.2 Å². The Bertz CT molecular complexity index is 484. The van der Waals surface area contributed by atoms with Gasteiger partial charge in [0.05, 0.1) is 6.42 Å². The fraction of sp³-hybridized carbons (Fsp3) is 0.409. The number of allylic oxidation sites excluding steroid dienone is 2. The van der Waals surface area contributed by atoms with Gasteiger partial charge in [-0.1, -0.05) is 75.6 Å². The summed E-state index contributed by atoms with van der Waals surface area (Å²) in [5.41, 5.74) is 1.08. The Hall–Kier alpha value is -2.13. The van der Waals surface area contributed by atoms with Gasteiger partial charge in [0.1, 0.15) is 0 Å². The molecule has 0 saturated carbocycles. The first-order valence-corrected chi connectivity index (χ1v) is 9.11. The molecule has 1 aromatic rings. The predicted octanol–water partition coefficient (Wildman–Crippen LogP) is 4.38. The molecule has 1 aromatic carbocycles. The normalized spacial score (nSPS) is 13.2. The van der Waals surface area contributed by atoms with Gasteiger partial charge in [0.15, 0.2) is 0 Å². The highest BCUT2D eigenvalue weighted by Gasteiger charge is 2.24. The fourth-order valence-electron chi connectivity index (χ4n) is 2.58. The minimum absolute atomic E-state index is 0.206. The van der Waals surface area contributed by atoms with E-state index in [4.69, 9.17) is 0 Å². The zero-order chi connectivity index (χ0) is 18.9. The van der Waals surface area contributed by atoms with Crippen molar-refractivity contribution in [2.75, 3.05) is 19.6 Å². The molecule has 2 rings (SSSR count). The van der Waals surface area contributed by atoms with Gasteiger partial charge in [0.2, 0.25) is 5.91 Å². The van der Waals surface area contributed by atoms with Crippen molar-refractivity contribution < 1.29 is 4.79 Å². The van der Waals surface area contributed by atoms with E-state index in [1.165, 1.54) is 0 Å². The molecule has 0 bridgehead atoms. The lowest BCUT2D eigenvalue weighted by atomic mass is 10.0. The number of piperidine rings is 1. The maximum absolute atomic E-state index is 12.5. The van der Waals surface area contributed by atoms with Gasteiger partial charge < -0.3 is 10.2 Å². The van der Waals surface area contributed by atoms with Gasteiger partial charge in [-0.05, 0) is 31.5 Å². The van der Waals surface area contributed by atoms with E-state index < -0.39 is 0 Å².